The van der Waals surface area contributed by atoms with Gasteiger partial charge >= 0.3 is 0 Å². The standard InChI is InChI=1S/C21H27FN4O2/c1-13-6-4-9-17(10-13)24-21(28)19-12-18(20(27)23-3)25-26(19)14(2)15-7-5-8-16(22)11-15/h5,7-8,11-14,17H,4,6,9-10H2,1-3H3,(H,23,27)(H,24,28). The summed E-state index contributed by atoms with van der Waals surface area (Å²) >= 11 is 0. The Morgan fingerprint density at radius 1 is 1.25 bits per heavy atom. The summed E-state index contributed by atoms with van der Waals surface area (Å²) in [6.45, 7) is 4.02. The van der Waals surface area contributed by atoms with Crippen LogP contribution in [0, 0.1) is 11.7 Å². The van der Waals surface area contributed by atoms with Crippen LogP contribution >= 0.6 is 0 Å². The van der Waals surface area contributed by atoms with E-state index in [1.54, 1.807) is 12.1 Å². The van der Waals surface area contributed by atoms with E-state index in [4.69, 9.17) is 0 Å². The molecule has 0 saturated heterocycles. The lowest BCUT2D eigenvalue weighted by atomic mass is 9.87. The lowest BCUT2D eigenvalue weighted by Gasteiger charge is -2.27. The summed E-state index contributed by atoms with van der Waals surface area (Å²) in [5.74, 6) is -0.405. The molecule has 7 heteroatoms. The van der Waals surface area contributed by atoms with Crippen LogP contribution in [0.25, 0.3) is 0 Å². The number of nitrogens with zero attached hydrogens (tertiary/aromatic N) is 2. The fourth-order valence-corrected chi connectivity index (χ4v) is 3.83. The SMILES string of the molecule is CNC(=O)c1cc(C(=O)NC2CCCC(C)C2)n(C(C)c2cccc(F)c2)n1. The summed E-state index contributed by atoms with van der Waals surface area (Å²) < 4.78 is 15.2. The van der Waals surface area contributed by atoms with Crippen molar-refractivity contribution >= 4 is 11.8 Å². The van der Waals surface area contributed by atoms with Crippen LogP contribution in [0.2, 0.25) is 0 Å². The van der Waals surface area contributed by atoms with Crippen molar-refractivity contribution in [1.29, 1.82) is 0 Å². The molecule has 28 heavy (non-hydrogen) atoms. The zero-order chi connectivity index (χ0) is 20.3. The molecule has 3 unspecified atom stereocenters. The molecule has 0 bridgehead atoms. The summed E-state index contributed by atoms with van der Waals surface area (Å²) in [5, 5.41) is 9.96. The van der Waals surface area contributed by atoms with Gasteiger partial charge in [0, 0.05) is 19.2 Å². The molecule has 3 atom stereocenters. The number of halogens is 1. The molecule has 2 aromatic rings. The molecule has 0 spiro atoms. The van der Waals surface area contributed by atoms with Crippen molar-refractivity contribution in [3.8, 4) is 0 Å². The Kier molecular flexibility index (Phi) is 6.11. The van der Waals surface area contributed by atoms with E-state index in [0.717, 1.165) is 19.3 Å². The molecular formula is C21H27FN4O2. The summed E-state index contributed by atoms with van der Waals surface area (Å²) in [4.78, 5) is 25.1. The van der Waals surface area contributed by atoms with Gasteiger partial charge in [-0.2, -0.15) is 5.10 Å². The lowest BCUT2D eigenvalue weighted by molar-refractivity contribution is 0.0907. The van der Waals surface area contributed by atoms with Gasteiger partial charge in [-0.25, -0.2) is 4.39 Å². The Labute approximate surface area is 164 Å². The molecule has 1 aliphatic carbocycles. The van der Waals surface area contributed by atoms with Gasteiger partial charge in [0.15, 0.2) is 5.69 Å². The second kappa shape index (κ2) is 8.54. The first-order valence-corrected chi connectivity index (χ1v) is 9.77. The first-order valence-electron chi connectivity index (χ1n) is 9.77. The van der Waals surface area contributed by atoms with E-state index in [9.17, 15) is 14.0 Å². The molecule has 6 nitrogen and oxygen atoms in total. The number of carbonyl (C=O) groups is 2. The molecule has 3 rings (SSSR count). The van der Waals surface area contributed by atoms with Gasteiger partial charge in [0.05, 0.1) is 6.04 Å². The van der Waals surface area contributed by atoms with Crippen LogP contribution < -0.4 is 10.6 Å². The van der Waals surface area contributed by atoms with Crippen LogP contribution in [-0.4, -0.2) is 34.7 Å². The maximum atomic E-state index is 13.7. The van der Waals surface area contributed by atoms with Crippen molar-refractivity contribution in [3.63, 3.8) is 0 Å². The van der Waals surface area contributed by atoms with Gasteiger partial charge in [0.2, 0.25) is 0 Å². The topological polar surface area (TPSA) is 76.0 Å². The Balaban J connectivity index is 1.91. The smallest absolute Gasteiger partial charge is 0.271 e. The van der Waals surface area contributed by atoms with Crippen LogP contribution in [-0.2, 0) is 0 Å². The average Bonchev–Trinajstić information content (AvgIpc) is 3.12. The summed E-state index contributed by atoms with van der Waals surface area (Å²) in [6, 6.07) is 7.39. The zero-order valence-corrected chi connectivity index (χ0v) is 16.5. The molecule has 1 saturated carbocycles. The van der Waals surface area contributed by atoms with Crippen molar-refractivity contribution in [2.75, 3.05) is 7.05 Å². The van der Waals surface area contributed by atoms with Crippen molar-refractivity contribution in [2.45, 2.75) is 51.6 Å². The van der Waals surface area contributed by atoms with Gasteiger partial charge in [0.1, 0.15) is 11.5 Å². The predicted octanol–water partition coefficient (Wildman–Crippen LogP) is 3.30. The number of nitrogens with one attached hydrogen (secondary N) is 2. The molecule has 1 fully saturated rings. The van der Waals surface area contributed by atoms with Gasteiger partial charge in [-0.1, -0.05) is 31.9 Å². The highest BCUT2D eigenvalue weighted by atomic mass is 19.1. The van der Waals surface area contributed by atoms with E-state index in [0.29, 0.717) is 17.2 Å². The zero-order valence-electron chi connectivity index (χ0n) is 16.5. The van der Waals surface area contributed by atoms with Crippen LogP contribution in [0.4, 0.5) is 4.39 Å². The number of aromatic nitrogens is 2. The molecular weight excluding hydrogens is 359 g/mol. The molecule has 0 radical (unpaired) electrons. The third-order valence-corrected chi connectivity index (χ3v) is 5.40. The van der Waals surface area contributed by atoms with Crippen LogP contribution in [0.1, 0.15) is 72.1 Å². The second-order valence-corrected chi connectivity index (χ2v) is 7.61. The fraction of sp³-hybridized carbons (Fsp3) is 0.476. The first kappa shape index (κ1) is 20.0. The summed E-state index contributed by atoms with van der Waals surface area (Å²) in [7, 11) is 1.51. The van der Waals surface area contributed by atoms with Crippen LogP contribution in [0.15, 0.2) is 30.3 Å². The molecule has 2 amide bonds. The van der Waals surface area contributed by atoms with E-state index in [-0.39, 0.29) is 29.4 Å². The molecule has 1 aromatic heterocycles. The van der Waals surface area contributed by atoms with Crippen LogP contribution in [0.5, 0.6) is 0 Å². The number of hydrogen-bond donors (Lipinski definition) is 2. The number of rotatable bonds is 5. The number of hydrogen-bond acceptors (Lipinski definition) is 3. The predicted molar refractivity (Wildman–Crippen MR) is 105 cm³/mol. The Morgan fingerprint density at radius 2 is 2.04 bits per heavy atom. The third kappa shape index (κ3) is 4.40. The minimum Gasteiger partial charge on any atom is -0.354 e. The summed E-state index contributed by atoms with van der Waals surface area (Å²) in [5.41, 5.74) is 1.13. The normalized spacial score (nSPS) is 20.4. The largest absolute Gasteiger partial charge is 0.354 e. The van der Waals surface area contributed by atoms with E-state index in [2.05, 4.69) is 22.7 Å². The number of benzene rings is 1. The van der Waals surface area contributed by atoms with Crippen molar-refractivity contribution < 1.29 is 14.0 Å². The maximum absolute atomic E-state index is 13.7. The Bertz CT molecular complexity index is 864. The van der Waals surface area contributed by atoms with Gasteiger partial charge in [-0.15, -0.1) is 0 Å². The minimum atomic E-state index is -0.403. The van der Waals surface area contributed by atoms with Gasteiger partial charge < -0.3 is 10.6 Å². The Morgan fingerprint density at radius 3 is 2.71 bits per heavy atom. The van der Waals surface area contributed by atoms with Gasteiger partial charge in [-0.3, -0.25) is 14.3 Å². The van der Waals surface area contributed by atoms with E-state index >= 15 is 0 Å². The first-order chi connectivity index (χ1) is 13.4. The second-order valence-electron chi connectivity index (χ2n) is 7.61. The quantitative estimate of drug-likeness (QED) is 0.828. The Hall–Kier alpha value is -2.70. The highest BCUT2D eigenvalue weighted by Gasteiger charge is 2.26. The van der Waals surface area contributed by atoms with Crippen molar-refractivity contribution in [2.24, 2.45) is 5.92 Å². The molecule has 1 heterocycles. The van der Waals surface area contributed by atoms with E-state index in [1.807, 2.05) is 6.92 Å². The van der Waals surface area contributed by atoms with Gasteiger partial charge in [-0.05, 0) is 43.4 Å². The highest BCUT2D eigenvalue weighted by molar-refractivity contribution is 5.98. The van der Waals surface area contributed by atoms with Crippen LogP contribution in [0.3, 0.4) is 0 Å². The monoisotopic (exact) mass is 386 g/mol. The van der Waals surface area contributed by atoms with E-state index < -0.39 is 6.04 Å². The average molecular weight is 386 g/mol. The third-order valence-electron chi connectivity index (χ3n) is 5.40. The van der Waals surface area contributed by atoms with Gasteiger partial charge in [0.25, 0.3) is 11.8 Å². The van der Waals surface area contributed by atoms with E-state index in [1.165, 1.54) is 36.3 Å². The molecule has 0 aliphatic heterocycles. The fourth-order valence-electron chi connectivity index (χ4n) is 3.83. The molecule has 150 valence electrons. The minimum absolute atomic E-state index is 0.118. The molecule has 2 N–H and O–H groups in total. The lowest BCUT2D eigenvalue weighted by Crippen LogP contribution is -2.39. The molecule has 1 aromatic carbocycles. The highest BCUT2D eigenvalue weighted by Crippen LogP contribution is 2.25. The number of carbonyl (C=O) groups excluding carboxylic acids is 2. The maximum Gasteiger partial charge on any atom is 0.271 e. The molecule has 1 aliphatic rings. The van der Waals surface area contributed by atoms with Crippen molar-refractivity contribution in [3.05, 3.63) is 53.1 Å². The summed E-state index contributed by atoms with van der Waals surface area (Å²) in [6.07, 6.45) is 4.17. The van der Waals surface area contributed by atoms with Crippen molar-refractivity contribution in [1.82, 2.24) is 20.4 Å². The number of amides is 2.